The lowest BCUT2D eigenvalue weighted by Crippen LogP contribution is -2.34. The van der Waals surface area contributed by atoms with E-state index in [0.29, 0.717) is 0 Å². The molecule has 0 aromatic carbocycles. The minimum Gasteiger partial charge on any atom is -0.394 e. The fourth-order valence-electron chi connectivity index (χ4n) is 3.34. The molecule has 8 unspecified atom stereocenters. The van der Waals surface area contributed by atoms with Gasteiger partial charge in [0, 0.05) is 21.3 Å². The van der Waals surface area contributed by atoms with Crippen LogP contribution in [0.5, 0.6) is 0 Å². The van der Waals surface area contributed by atoms with Crippen LogP contribution in [0, 0.1) is 0 Å². The highest BCUT2D eigenvalue weighted by atomic mass is 16.6. The zero-order chi connectivity index (χ0) is 33.0. The Morgan fingerprint density at radius 2 is 0.614 bits per heavy atom. The molecule has 17 heteroatoms. The van der Waals surface area contributed by atoms with E-state index in [4.69, 9.17) is 47.4 Å². The Balaban J connectivity index is 4.03. The van der Waals surface area contributed by atoms with Crippen LogP contribution >= 0.6 is 0 Å². The van der Waals surface area contributed by atoms with Crippen LogP contribution < -0.4 is 0 Å². The van der Waals surface area contributed by atoms with Gasteiger partial charge in [0.05, 0.1) is 106 Å². The summed E-state index contributed by atoms with van der Waals surface area (Å²) in [6, 6.07) is 0. The Labute approximate surface area is 259 Å². The van der Waals surface area contributed by atoms with Crippen LogP contribution in [0.1, 0.15) is 0 Å². The van der Waals surface area contributed by atoms with Crippen LogP contribution in [-0.4, -0.2) is 212 Å². The molecule has 17 nitrogen and oxygen atoms in total. The molecule has 0 radical (unpaired) electrons. The molecule has 0 aliphatic carbocycles. The Kier molecular flexibility index (Phi) is 29.2. The molecule has 0 saturated carbocycles. The topological polar surface area (TPSA) is 234 Å². The van der Waals surface area contributed by atoms with E-state index in [9.17, 15) is 35.7 Å². The monoisotopic (exact) mass is 652 g/mol. The molecule has 0 aromatic heterocycles. The smallest absolute Gasteiger partial charge is 0.104 e. The van der Waals surface area contributed by atoms with Gasteiger partial charge in [-0.2, -0.15) is 0 Å². The third-order valence-electron chi connectivity index (χ3n) is 5.41. The largest absolute Gasteiger partial charge is 0.394 e. The number of methoxy groups -OCH3 is 3. The van der Waals surface area contributed by atoms with Gasteiger partial charge in [0.1, 0.15) is 48.8 Å². The van der Waals surface area contributed by atoms with E-state index in [1.807, 2.05) is 0 Å². The number of hydrogen-bond acceptors (Lipinski definition) is 17. The van der Waals surface area contributed by atoms with Gasteiger partial charge < -0.3 is 83.1 Å². The number of hydrogen-bond donors (Lipinski definition) is 7. The summed E-state index contributed by atoms with van der Waals surface area (Å²) in [7, 11) is 4.40. The molecule has 0 aliphatic rings. The second-order valence-electron chi connectivity index (χ2n) is 10.1. The minimum absolute atomic E-state index is 0.0104. The van der Waals surface area contributed by atoms with E-state index < -0.39 is 48.8 Å². The van der Waals surface area contributed by atoms with Crippen molar-refractivity contribution in [3.8, 4) is 0 Å². The van der Waals surface area contributed by atoms with Crippen LogP contribution in [0.4, 0.5) is 0 Å². The molecular weight excluding hydrogens is 596 g/mol. The molecule has 0 saturated heterocycles. The zero-order valence-electron chi connectivity index (χ0n) is 26.1. The molecular formula is C27H56O17. The summed E-state index contributed by atoms with van der Waals surface area (Å²) >= 11 is 0. The van der Waals surface area contributed by atoms with Gasteiger partial charge >= 0.3 is 0 Å². The molecule has 7 N–H and O–H groups in total. The van der Waals surface area contributed by atoms with Crippen molar-refractivity contribution in [3.63, 3.8) is 0 Å². The maximum absolute atomic E-state index is 10.2. The number of ether oxygens (including phenoxy) is 10. The lowest BCUT2D eigenvalue weighted by molar-refractivity contribution is -0.114. The standard InChI is InChI=1S/C27H56O17/c1-35-5-20(29)7-38-9-22(31)10-40-11-23(32)12-41-18-26(4-28)43-15-25(34)14-42-19-27(17-37-3)44-16-24(33)13-39-8-21(30)6-36-2/h20-34H,4-19H2,1-3H3. The van der Waals surface area contributed by atoms with Gasteiger partial charge in [-0.1, -0.05) is 0 Å². The van der Waals surface area contributed by atoms with Gasteiger partial charge in [0.25, 0.3) is 0 Å². The first kappa shape index (κ1) is 43.3. The molecule has 0 spiro atoms. The third kappa shape index (κ3) is 26.5. The predicted molar refractivity (Wildman–Crippen MR) is 152 cm³/mol. The van der Waals surface area contributed by atoms with Crippen molar-refractivity contribution in [2.45, 2.75) is 48.8 Å². The van der Waals surface area contributed by atoms with Crippen molar-refractivity contribution in [2.75, 3.05) is 127 Å². The quantitative estimate of drug-likeness (QED) is 0.0357. The molecule has 0 rings (SSSR count). The maximum Gasteiger partial charge on any atom is 0.104 e. The van der Waals surface area contributed by atoms with Gasteiger partial charge in [-0.05, 0) is 0 Å². The molecule has 0 aliphatic heterocycles. The van der Waals surface area contributed by atoms with E-state index in [2.05, 4.69) is 0 Å². The summed E-state index contributed by atoms with van der Waals surface area (Å²) in [5.74, 6) is 0. The van der Waals surface area contributed by atoms with E-state index >= 15 is 0 Å². The number of aliphatic hydroxyl groups excluding tert-OH is 7. The van der Waals surface area contributed by atoms with Crippen LogP contribution in [0.25, 0.3) is 0 Å². The number of rotatable bonds is 33. The summed E-state index contributed by atoms with van der Waals surface area (Å²) < 4.78 is 52.1. The molecule has 8 atom stereocenters. The van der Waals surface area contributed by atoms with Crippen LogP contribution in [0.15, 0.2) is 0 Å². The van der Waals surface area contributed by atoms with Gasteiger partial charge in [-0.3, -0.25) is 0 Å². The predicted octanol–water partition coefficient (Wildman–Crippen LogP) is -4.06. The molecule has 266 valence electrons. The van der Waals surface area contributed by atoms with Gasteiger partial charge in [0.2, 0.25) is 0 Å². The highest BCUT2D eigenvalue weighted by Crippen LogP contribution is 2.02. The van der Waals surface area contributed by atoms with Crippen LogP contribution in [0.3, 0.4) is 0 Å². The fourth-order valence-corrected chi connectivity index (χ4v) is 3.34. The summed E-state index contributed by atoms with van der Waals surface area (Å²) in [6.45, 7) is -0.599. The molecule has 0 heterocycles. The zero-order valence-corrected chi connectivity index (χ0v) is 26.1. The second kappa shape index (κ2) is 29.7. The van der Waals surface area contributed by atoms with Gasteiger partial charge in [0.15, 0.2) is 0 Å². The summed E-state index contributed by atoms with van der Waals surface area (Å²) in [6.07, 6.45) is -6.73. The van der Waals surface area contributed by atoms with E-state index in [1.165, 1.54) is 21.3 Å². The third-order valence-corrected chi connectivity index (χ3v) is 5.41. The highest BCUT2D eigenvalue weighted by Gasteiger charge is 2.17. The SMILES string of the molecule is COCC(O)COCC(O)COCC(O)COCC(CO)OCC(O)COCC(COC)OCC(O)COCC(O)COC. The summed E-state index contributed by atoms with van der Waals surface area (Å²) in [5.41, 5.74) is 0. The van der Waals surface area contributed by atoms with Crippen molar-refractivity contribution < 1.29 is 83.1 Å². The molecule has 0 bridgehead atoms. The van der Waals surface area contributed by atoms with Crippen LogP contribution in [0.2, 0.25) is 0 Å². The van der Waals surface area contributed by atoms with Crippen LogP contribution in [-0.2, 0) is 47.4 Å². The minimum atomic E-state index is -1.01. The normalized spacial score (nSPS) is 17.6. The summed E-state index contributed by atoms with van der Waals surface area (Å²) in [4.78, 5) is 0. The second-order valence-corrected chi connectivity index (χ2v) is 10.1. The van der Waals surface area contributed by atoms with Crippen molar-refractivity contribution in [2.24, 2.45) is 0 Å². The Bertz CT molecular complexity index is 607. The maximum atomic E-state index is 10.2. The van der Waals surface area contributed by atoms with Crippen molar-refractivity contribution >= 4 is 0 Å². The lowest BCUT2D eigenvalue weighted by Gasteiger charge is -2.22. The Morgan fingerprint density at radius 3 is 0.955 bits per heavy atom. The van der Waals surface area contributed by atoms with Crippen molar-refractivity contribution in [3.05, 3.63) is 0 Å². The highest BCUT2D eigenvalue weighted by molar-refractivity contribution is 4.63. The van der Waals surface area contributed by atoms with Crippen molar-refractivity contribution in [1.29, 1.82) is 0 Å². The first-order valence-corrected chi connectivity index (χ1v) is 14.4. The Hall–Kier alpha value is -0.680. The Morgan fingerprint density at radius 1 is 0.341 bits per heavy atom. The van der Waals surface area contributed by atoms with Gasteiger partial charge in [-0.15, -0.1) is 0 Å². The average molecular weight is 653 g/mol. The number of aliphatic hydroxyl groups is 7. The van der Waals surface area contributed by atoms with Crippen molar-refractivity contribution in [1.82, 2.24) is 0 Å². The fraction of sp³-hybridized carbons (Fsp3) is 1.00. The average Bonchev–Trinajstić information content (AvgIpc) is 2.98. The molecule has 0 fully saturated rings. The van der Waals surface area contributed by atoms with E-state index in [-0.39, 0.29) is 106 Å². The first-order chi connectivity index (χ1) is 21.1. The first-order valence-electron chi connectivity index (χ1n) is 14.4. The van der Waals surface area contributed by atoms with E-state index in [0.717, 1.165) is 0 Å². The molecule has 0 aromatic rings. The lowest BCUT2D eigenvalue weighted by atomic mass is 10.3. The molecule has 44 heavy (non-hydrogen) atoms. The van der Waals surface area contributed by atoms with Gasteiger partial charge in [-0.25, -0.2) is 0 Å². The summed E-state index contributed by atoms with van der Waals surface area (Å²) in [5, 5.41) is 68.5. The molecule has 0 amide bonds. The van der Waals surface area contributed by atoms with E-state index in [1.54, 1.807) is 0 Å².